The second-order valence-electron chi connectivity index (χ2n) is 3.31. The van der Waals surface area contributed by atoms with Gasteiger partial charge in [0, 0.05) is 24.4 Å². The Balaban J connectivity index is 1.83. The van der Waals surface area contributed by atoms with Crippen molar-refractivity contribution >= 4 is 17.0 Å². The fourth-order valence-electron chi connectivity index (χ4n) is 1.28. The summed E-state index contributed by atoms with van der Waals surface area (Å²) in [5.41, 5.74) is 2.85. The molecule has 6 heteroatoms. The van der Waals surface area contributed by atoms with E-state index in [1.165, 1.54) is 4.88 Å². The first-order valence-electron chi connectivity index (χ1n) is 5.01. The number of aromatic nitrogens is 3. The zero-order chi connectivity index (χ0) is 11.2. The first kappa shape index (κ1) is 11.1. The monoisotopic (exact) mass is 238 g/mol. The molecule has 0 aliphatic carbocycles. The van der Waals surface area contributed by atoms with Crippen LogP contribution in [0.5, 0.6) is 0 Å². The van der Waals surface area contributed by atoms with Gasteiger partial charge in [0.25, 0.3) is 0 Å². The molecule has 5 nitrogen and oxygen atoms in total. The number of hydrogen-bond donors (Lipinski definition) is 1. The Morgan fingerprint density at radius 1 is 1.50 bits per heavy atom. The molecule has 0 amide bonds. The molecule has 0 aromatic carbocycles. The SMILES string of the molecule is COCCn1cc(NCc2cncs2)cn1. The van der Waals surface area contributed by atoms with E-state index in [2.05, 4.69) is 15.4 Å². The van der Waals surface area contributed by atoms with Gasteiger partial charge < -0.3 is 10.1 Å². The zero-order valence-electron chi connectivity index (χ0n) is 9.09. The molecule has 0 aliphatic rings. The fraction of sp³-hybridized carbons (Fsp3) is 0.400. The summed E-state index contributed by atoms with van der Waals surface area (Å²) in [6.07, 6.45) is 5.66. The number of anilines is 1. The molecule has 0 radical (unpaired) electrons. The maximum absolute atomic E-state index is 4.99. The van der Waals surface area contributed by atoms with Crippen LogP contribution in [0.2, 0.25) is 0 Å². The molecule has 0 aliphatic heterocycles. The average Bonchev–Trinajstić information content (AvgIpc) is 2.95. The molecule has 0 unspecified atom stereocenters. The van der Waals surface area contributed by atoms with E-state index in [-0.39, 0.29) is 0 Å². The Bertz CT molecular complexity index is 412. The summed E-state index contributed by atoms with van der Waals surface area (Å²) >= 11 is 1.64. The third-order valence-corrected chi connectivity index (χ3v) is 2.89. The Labute approximate surface area is 98.1 Å². The lowest BCUT2D eigenvalue weighted by molar-refractivity contribution is 0.183. The first-order chi connectivity index (χ1) is 7.88. The molecular weight excluding hydrogens is 224 g/mol. The number of nitrogens with zero attached hydrogens (tertiary/aromatic N) is 3. The van der Waals surface area contributed by atoms with Crippen LogP contribution in [0, 0.1) is 0 Å². The van der Waals surface area contributed by atoms with Crippen molar-refractivity contribution in [2.45, 2.75) is 13.1 Å². The van der Waals surface area contributed by atoms with Crippen LogP contribution in [0.25, 0.3) is 0 Å². The Hall–Kier alpha value is -1.40. The van der Waals surface area contributed by atoms with Crippen molar-refractivity contribution in [3.63, 3.8) is 0 Å². The lowest BCUT2D eigenvalue weighted by atomic mass is 10.5. The van der Waals surface area contributed by atoms with Crippen LogP contribution in [0.3, 0.4) is 0 Å². The molecule has 2 heterocycles. The summed E-state index contributed by atoms with van der Waals surface area (Å²) in [5, 5.41) is 7.51. The average molecular weight is 238 g/mol. The van der Waals surface area contributed by atoms with Gasteiger partial charge in [-0.1, -0.05) is 0 Å². The highest BCUT2D eigenvalue weighted by molar-refractivity contribution is 7.09. The van der Waals surface area contributed by atoms with Gasteiger partial charge in [-0.2, -0.15) is 5.10 Å². The van der Waals surface area contributed by atoms with Crippen molar-refractivity contribution in [3.05, 3.63) is 29.0 Å². The highest BCUT2D eigenvalue weighted by atomic mass is 32.1. The molecule has 1 N–H and O–H groups in total. The normalized spacial score (nSPS) is 10.6. The van der Waals surface area contributed by atoms with E-state index in [1.54, 1.807) is 18.4 Å². The number of nitrogens with one attached hydrogen (secondary N) is 1. The summed E-state index contributed by atoms with van der Waals surface area (Å²) in [4.78, 5) is 5.23. The van der Waals surface area contributed by atoms with E-state index in [1.807, 2.05) is 28.8 Å². The van der Waals surface area contributed by atoms with E-state index in [0.29, 0.717) is 6.61 Å². The highest BCUT2D eigenvalue weighted by Gasteiger charge is 1.99. The van der Waals surface area contributed by atoms with Crippen LogP contribution in [0.1, 0.15) is 4.88 Å². The number of rotatable bonds is 6. The molecule has 0 saturated heterocycles. The van der Waals surface area contributed by atoms with Gasteiger partial charge in [-0.15, -0.1) is 11.3 Å². The van der Waals surface area contributed by atoms with Crippen LogP contribution in [-0.2, 0) is 17.8 Å². The maximum Gasteiger partial charge on any atom is 0.0794 e. The molecule has 0 spiro atoms. The Kier molecular flexibility index (Phi) is 3.90. The Morgan fingerprint density at radius 3 is 3.19 bits per heavy atom. The molecule has 16 heavy (non-hydrogen) atoms. The molecule has 0 fully saturated rings. The van der Waals surface area contributed by atoms with Crippen LogP contribution >= 0.6 is 11.3 Å². The minimum absolute atomic E-state index is 0.677. The van der Waals surface area contributed by atoms with Gasteiger partial charge in [0.2, 0.25) is 0 Å². The predicted octanol–water partition coefficient (Wildman–Crippen LogP) is 1.60. The Morgan fingerprint density at radius 2 is 2.44 bits per heavy atom. The molecule has 2 aromatic rings. The second kappa shape index (κ2) is 5.62. The zero-order valence-corrected chi connectivity index (χ0v) is 9.91. The van der Waals surface area contributed by atoms with Crippen molar-refractivity contribution in [1.29, 1.82) is 0 Å². The van der Waals surface area contributed by atoms with Crippen molar-refractivity contribution in [3.8, 4) is 0 Å². The van der Waals surface area contributed by atoms with Gasteiger partial charge in [-0.3, -0.25) is 9.67 Å². The molecular formula is C10H14N4OS. The van der Waals surface area contributed by atoms with Gasteiger partial charge >= 0.3 is 0 Å². The smallest absolute Gasteiger partial charge is 0.0794 e. The van der Waals surface area contributed by atoms with E-state index >= 15 is 0 Å². The number of thiazole rings is 1. The quantitative estimate of drug-likeness (QED) is 0.830. The third-order valence-electron chi connectivity index (χ3n) is 2.11. The fourth-order valence-corrected chi connectivity index (χ4v) is 1.81. The number of hydrogen-bond acceptors (Lipinski definition) is 5. The molecule has 2 rings (SSSR count). The molecule has 0 saturated carbocycles. The van der Waals surface area contributed by atoms with E-state index in [0.717, 1.165) is 18.8 Å². The van der Waals surface area contributed by atoms with Crippen molar-refractivity contribution in [1.82, 2.24) is 14.8 Å². The summed E-state index contributed by atoms with van der Waals surface area (Å²) in [5.74, 6) is 0. The molecule has 0 atom stereocenters. The lowest BCUT2D eigenvalue weighted by Crippen LogP contribution is -2.04. The topological polar surface area (TPSA) is 52.0 Å². The van der Waals surface area contributed by atoms with Crippen molar-refractivity contribution in [2.75, 3.05) is 19.0 Å². The minimum Gasteiger partial charge on any atom is -0.383 e. The molecule has 2 aromatic heterocycles. The van der Waals surface area contributed by atoms with Gasteiger partial charge in [-0.25, -0.2) is 0 Å². The minimum atomic E-state index is 0.677. The summed E-state index contributed by atoms with van der Waals surface area (Å²) < 4.78 is 6.85. The van der Waals surface area contributed by atoms with E-state index < -0.39 is 0 Å². The van der Waals surface area contributed by atoms with Crippen molar-refractivity contribution in [2.24, 2.45) is 0 Å². The molecule has 0 bridgehead atoms. The number of methoxy groups -OCH3 is 1. The summed E-state index contributed by atoms with van der Waals surface area (Å²) in [6, 6.07) is 0. The van der Waals surface area contributed by atoms with Crippen LogP contribution in [0.4, 0.5) is 5.69 Å². The highest BCUT2D eigenvalue weighted by Crippen LogP contribution is 2.10. The van der Waals surface area contributed by atoms with Crippen LogP contribution in [0.15, 0.2) is 24.1 Å². The van der Waals surface area contributed by atoms with E-state index in [9.17, 15) is 0 Å². The predicted molar refractivity (Wildman–Crippen MR) is 63.5 cm³/mol. The first-order valence-corrected chi connectivity index (χ1v) is 5.89. The van der Waals surface area contributed by atoms with E-state index in [4.69, 9.17) is 4.74 Å². The van der Waals surface area contributed by atoms with Crippen LogP contribution < -0.4 is 5.32 Å². The van der Waals surface area contributed by atoms with Gasteiger partial charge in [-0.05, 0) is 0 Å². The van der Waals surface area contributed by atoms with Gasteiger partial charge in [0.05, 0.1) is 37.1 Å². The standard InChI is InChI=1S/C10H14N4OS/c1-15-3-2-14-7-9(4-13-14)12-6-10-5-11-8-16-10/h4-5,7-8,12H,2-3,6H2,1H3. The second-order valence-corrected chi connectivity index (χ2v) is 4.28. The van der Waals surface area contributed by atoms with Gasteiger partial charge in [0.1, 0.15) is 0 Å². The maximum atomic E-state index is 4.99. The van der Waals surface area contributed by atoms with Crippen molar-refractivity contribution < 1.29 is 4.74 Å². The summed E-state index contributed by atoms with van der Waals surface area (Å²) in [6.45, 7) is 2.25. The largest absolute Gasteiger partial charge is 0.383 e. The van der Waals surface area contributed by atoms with Gasteiger partial charge in [0.15, 0.2) is 0 Å². The lowest BCUT2D eigenvalue weighted by Gasteiger charge is -2.00. The third kappa shape index (κ3) is 3.04. The van der Waals surface area contributed by atoms with Crippen LogP contribution in [-0.4, -0.2) is 28.5 Å². The molecule has 86 valence electrons. The summed E-state index contributed by atoms with van der Waals surface area (Å²) in [7, 11) is 1.69. The number of ether oxygens (including phenoxy) is 1.